The number of nitrogens with zero attached hydrogens (tertiary/aromatic N) is 1. The molecule has 0 aromatic heterocycles. The third kappa shape index (κ3) is 2.91. The van der Waals surface area contributed by atoms with Gasteiger partial charge in [-0.25, -0.2) is 0 Å². The van der Waals surface area contributed by atoms with Gasteiger partial charge in [-0.15, -0.1) is 0 Å². The molecule has 1 saturated carbocycles. The molecule has 1 aliphatic carbocycles. The Morgan fingerprint density at radius 1 is 1.24 bits per heavy atom. The van der Waals surface area contributed by atoms with Crippen molar-refractivity contribution in [3.05, 3.63) is 36.4 Å². The summed E-state index contributed by atoms with van der Waals surface area (Å²) in [6, 6.07) is 6.63. The van der Waals surface area contributed by atoms with Gasteiger partial charge in [-0.2, -0.15) is 0 Å². The number of rotatable bonds is 4. The highest BCUT2D eigenvalue weighted by Gasteiger charge is 2.38. The molecule has 1 atom stereocenters. The van der Waals surface area contributed by atoms with Crippen LogP contribution in [0.15, 0.2) is 36.4 Å². The highest BCUT2D eigenvalue weighted by atomic mass is 16.5. The van der Waals surface area contributed by atoms with E-state index >= 15 is 0 Å². The number of carbonyl (C=O) groups is 2. The van der Waals surface area contributed by atoms with Crippen LogP contribution in [0.1, 0.15) is 12.8 Å². The second-order valence-electron chi connectivity index (χ2n) is 5.36. The number of ether oxygens (including phenoxy) is 1. The van der Waals surface area contributed by atoms with Gasteiger partial charge in [-0.1, -0.05) is 12.2 Å². The minimum absolute atomic E-state index is 0.0925. The Bertz CT molecular complexity index is 576. The van der Waals surface area contributed by atoms with E-state index in [1.165, 1.54) is 0 Å². The summed E-state index contributed by atoms with van der Waals surface area (Å²) in [7, 11) is 1.60. The molecule has 1 aromatic rings. The van der Waals surface area contributed by atoms with E-state index in [0.717, 1.165) is 18.6 Å². The van der Waals surface area contributed by atoms with Gasteiger partial charge in [-0.05, 0) is 37.1 Å². The highest BCUT2D eigenvalue weighted by molar-refractivity contribution is 5.99. The molecule has 2 aliphatic rings. The summed E-state index contributed by atoms with van der Waals surface area (Å²) in [5.41, 5.74) is 0.694. The number of hydrogen-bond acceptors (Lipinski definition) is 3. The smallest absolute Gasteiger partial charge is 0.251 e. The summed E-state index contributed by atoms with van der Waals surface area (Å²) in [5.74, 6) is 0.776. The normalized spacial score (nSPS) is 20.4. The van der Waals surface area contributed by atoms with Gasteiger partial charge >= 0.3 is 0 Å². The third-order valence-electron chi connectivity index (χ3n) is 3.79. The van der Waals surface area contributed by atoms with Crippen molar-refractivity contribution in [3.8, 4) is 5.75 Å². The van der Waals surface area contributed by atoms with Gasteiger partial charge < -0.3 is 15.0 Å². The van der Waals surface area contributed by atoms with Gasteiger partial charge in [0.15, 0.2) is 0 Å². The standard InChI is InChI=1S/C16H18N2O3/c1-21-13-8-6-12(7-9-13)17-15(19)14-3-2-10-18(14)16(20)11-4-5-11/h2-3,6-9,11,14H,4-5,10H2,1H3,(H,17,19)/t14-/m0/s1. The van der Waals surface area contributed by atoms with Crippen molar-refractivity contribution in [2.45, 2.75) is 18.9 Å². The van der Waals surface area contributed by atoms with Gasteiger partial charge in [0.05, 0.1) is 7.11 Å². The Morgan fingerprint density at radius 3 is 2.57 bits per heavy atom. The van der Waals surface area contributed by atoms with E-state index in [2.05, 4.69) is 5.32 Å². The predicted octanol–water partition coefficient (Wildman–Crippen LogP) is 1.81. The Hall–Kier alpha value is -2.30. The first-order valence-corrected chi connectivity index (χ1v) is 7.11. The Kier molecular flexibility index (Phi) is 3.64. The molecule has 0 saturated heterocycles. The number of amides is 2. The zero-order chi connectivity index (χ0) is 14.8. The van der Waals surface area contributed by atoms with Crippen LogP contribution >= 0.6 is 0 Å². The maximum Gasteiger partial charge on any atom is 0.251 e. The molecule has 1 fully saturated rings. The predicted molar refractivity (Wildman–Crippen MR) is 79.0 cm³/mol. The van der Waals surface area contributed by atoms with Gasteiger partial charge in [0, 0.05) is 18.2 Å². The lowest BCUT2D eigenvalue weighted by Gasteiger charge is -2.23. The van der Waals surface area contributed by atoms with Crippen LogP contribution in [0.5, 0.6) is 5.75 Å². The van der Waals surface area contributed by atoms with Crippen LogP contribution in [0.4, 0.5) is 5.69 Å². The van der Waals surface area contributed by atoms with Crippen molar-refractivity contribution in [1.29, 1.82) is 0 Å². The summed E-state index contributed by atoms with van der Waals surface area (Å²) < 4.78 is 5.08. The van der Waals surface area contributed by atoms with Crippen LogP contribution in [-0.2, 0) is 9.59 Å². The topological polar surface area (TPSA) is 58.6 Å². The van der Waals surface area contributed by atoms with Crippen molar-refractivity contribution in [3.63, 3.8) is 0 Å². The maximum absolute atomic E-state index is 12.3. The molecular formula is C16H18N2O3. The average molecular weight is 286 g/mol. The monoisotopic (exact) mass is 286 g/mol. The van der Waals surface area contributed by atoms with Crippen LogP contribution in [-0.4, -0.2) is 36.4 Å². The zero-order valence-corrected chi connectivity index (χ0v) is 11.9. The van der Waals surface area contributed by atoms with Crippen molar-refractivity contribution >= 4 is 17.5 Å². The minimum atomic E-state index is -0.500. The fourth-order valence-corrected chi connectivity index (χ4v) is 2.43. The minimum Gasteiger partial charge on any atom is -0.497 e. The number of anilines is 1. The SMILES string of the molecule is COc1ccc(NC(=O)[C@@H]2C=CCN2C(=O)C2CC2)cc1. The van der Waals surface area contributed by atoms with E-state index in [1.807, 2.05) is 6.08 Å². The molecule has 1 aliphatic heterocycles. The van der Waals surface area contributed by atoms with Crippen molar-refractivity contribution in [1.82, 2.24) is 4.90 Å². The van der Waals surface area contributed by atoms with E-state index < -0.39 is 6.04 Å². The molecule has 0 unspecified atom stereocenters. The largest absolute Gasteiger partial charge is 0.497 e. The molecule has 0 bridgehead atoms. The van der Waals surface area contributed by atoms with Crippen molar-refractivity contribution in [2.75, 3.05) is 19.0 Å². The van der Waals surface area contributed by atoms with E-state index in [9.17, 15) is 9.59 Å². The lowest BCUT2D eigenvalue weighted by atomic mass is 10.2. The second-order valence-corrected chi connectivity index (χ2v) is 5.36. The van der Waals surface area contributed by atoms with Crippen molar-refractivity contribution in [2.24, 2.45) is 5.92 Å². The van der Waals surface area contributed by atoms with Crippen LogP contribution in [0.25, 0.3) is 0 Å². The molecule has 110 valence electrons. The molecule has 0 radical (unpaired) electrons. The van der Waals surface area contributed by atoms with Gasteiger partial charge in [-0.3, -0.25) is 9.59 Å². The number of hydrogen-bond donors (Lipinski definition) is 1. The fraction of sp³-hybridized carbons (Fsp3) is 0.375. The van der Waals surface area contributed by atoms with E-state index in [4.69, 9.17) is 4.74 Å². The second kappa shape index (κ2) is 5.60. The zero-order valence-electron chi connectivity index (χ0n) is 11.9. The van der Waals surface area contributed by atoms with Gasteiger partial charge in [0.2, 0.25) is 5.91 Å². The lowest BCUT2D eigenvalue weighted by molar-refractivity contribution is -0.137. The molecule has 1 heterocycles. The lowest BCUT2D eigenvalue weighted by Crippen LogP contribution is -2.44. The summed E-state index contributed by atoms with van der Waals surface area (Å²) in [4.78, 5) is 26.1. The Balaban J connectivity index is 1.65. The maximum atomic E-state index is 12.3. The summed E-state index contributed by atoms with van der Waals surface area (Å²) >= 11 is 0. The molecule has 5 nitrogen and oxygen atoms in total. The van der Waals surface area contributed by atoms with Gasteiger partial charge in [0.25, 0.3) is 5.91 Å². The van der Waals surface area contributed by atoms with Crippen LogP contribution in [0.2, 0.25) is 0 Å². The summed E-state index contributed by atoms with van der Waals surface area (Å²) in [5, 5.41) is 2.84. The Morgan fingerprint density at radius 2 is 1.95 bits per heavy atom. The summed E-state index contributed by atoms with van der Waals surface area (Å²) in [6.45, 7) is 0.524. The van der Waals surface area contributed by atoms with Crippen LogP contribution in [0.3, 0.4) is 0 Å². The molecule has 0 spiro atoms. The molecule has 1 aromatic carbocycles. The first-order valence-electron chi connectivity index (χ1n) is 7.11. The van der Waals surface area contributed by atoms with E-state index in [0.29, 0.717) is 12.2 Å². The fourth-order valence-electron chi connectivity index (χ4n) is 2.43. The molecule has 2 amide bonds. The number of methoxy groups -OCH3 is 1. The van der Waals surface area contributed by atoms with Crippen LogP contribution in [0, 0.1) is 5.92 Å². The van der Waals surface area contributed by atoms with Crippen LogP contribution < -0.4 is 10.1 Å². The molecular weight excluding hydrogens is 268 g/mol. The highest BCUT2D eigenvalue weighted by Crippen LogP contribution is 2.32. The molecule has 21 heavy (non-hydrogen) atoms. The van der Waals surface area contributed by atoms with E-state index in [1.54, 1.807) is 42.4 Å². The number of nitrogens with one attached hydrogen (secondary N) is 1. The molecule has 3 rings (SSSR count). The quantitative estimate of drug-likeness (QED) is 0.859. The van der Waals surface area contributed by atoms with E-state index in [-0.39, 0.29) is 17.7 Å². The molecule has 5 heteroatoms. The average Bonchev–Trinajstić information content (AvgIpc) is 3.23. The Labute approximate surface area is 123 Å². The molecule has 1 N–H and O–H groups in total. The third-order valence-corrected chi connectivity index (χ3v) is 3.79. The van der Waals surface area contributed by atoms with Gasteiger partial charge in [0.1, 0.15) is 11.8 Å². The first-order chi connectivity index (χ1) is 10.2. The van der Waals surface area contributed by atoms with Crippen molar-refractivity contribution < 1.29 is 14.3 Å². The summed E-state index contributed by atoms with van der Waals surface area (Å²) in [6.07, 6.45) is 5.56. The number of carbonyl (C=O) groups excluding carboxylic acids is 2. The number of benzene rings is 1. The first kappa shape index (κ1) is 13.7.